The van der Waals surface area contributed by atoms with Gasteiger partial charge in [-0.25, -0.2) is 4.79 Å². The number of carbonyl (C=O) groups is 1. The predicted molar refractivity (Wildman–Crippen MR) is 70.3 cm³/mol. The van der Waals surface area contributed by atoms with Crippen LogP contribution in [0.5, 0.6) is 0 Å². The summed E-state index contributed by atoms with van der Waals surface area (Å²) in [5.74, 6) is -0.886. The molecule has 0 aromatic heterocycles. The summed E-state index contributed by atoms with van der Waals surface area (Å²) < 4.78 is 1.04. The van der Waals surface area contributed by atoms with Crippen LogP contribution in [0.3, 0.4) is 0 Å². The van der Waals surface area contributed by atoms with Gasteiger partial charge >= 0.3 is 5.97 Å². The van der Waals surface area contributed by atoms with Crippen molar-refractivity contribution in [2.75, 3.05) is 0 Å². The first kappa shape index (κ1) is 11.9. The minimum atomic E-state index is -0.886. The molecule has 0 spiro atoms. The number of carboxylic acid groups (broad SMARTS) is 1. The average Bonchev–Trinajstić information content (AvgIpc) is 2.32. The molecule has 2 aromatic carbocycles. The van der Waals surface area contributed by atoms with E-state index in [1.54, 1.807) is 18.2 Å². The summed E-state index contributed by atoms with van der Waals surface area (Å²) in [6.45, 7) is 0. The Balaban J connectivity index is 2.21. The van der Waals surface area contributed by atoms with Crippen LogP contribution in [-0.4, -0.2) is 11.1 Å². The molecule has 3 heteroatoms. The smallest absolute Gasteiger partial charge is 0.335 e. The molecule has 0 saturated carbocycles. The van der Waals surface area contributed by atoms with E-state index in [0.717, 1.165) is 22.0 Å². The van der Waals surface area contributed by atoms with Crippen LogP contribution in [0.1, 0.15) is 21.5 Å². The normalized spacial score (nSPS) is 10.2. The van der Waals surface area contributed by atoms with E-state index in [4.69, 9.17) is 5.11 Å². The Kier molecular flexibility index (Phi) is 3.59. The summed E-state index contributed by atoms with van der Waals surface area (Å²) in [6, 6.07) is 15.0. The Morgan fingerprint density at radius 3 is 2.41 bits per heavy atom. The molecule has 2 nitrogen and oxygen atoms in total. The van der Waals surface area contributed by atoms with Crippen molar-refractivity contribution in [1.29, 1.82) is 0 Å². The van der Waals surface area contributed by atoms with Crippen molar-refractivity contribution >= 4 is 21.9 Å². The zero-order chi connectivity index (χ0) is 12.3. The number of benzene rings is 2. The second-order valence-corrected chi connectivity index (χ2v) is 4.72. The first-order chi connectivity index (χ1) is 8.15. The molecule has 0 amide bonds. The van der Waals surface area contributed by atoms with Crippen molar-refractivity contribution in [3.8, 4) is 0 Å². The van der Waals surface area contributed by atoms with Gasteiger partial charge < -0.3 is 5.11 Å². The van der Waals surface area contributed by atoms with Crippen molar-refractivity contribution in [2.45, 2.75) is 6.42 Å². The Hall–Kier alpha value is -1.61. The van der Waals surface area contributed by atoms with Crippen molar-refractivity contribution in [3.05, 3.63) is 69.7 Å². The van der Waals surface area contributed by atoms with E-state index in [1.807, 2.05) is 30.3 Å². The van der Waals surface area contributed by atoms with E-state index in [-0.39, 0.29) is 0 Å². The zero-order valence-corrected chi connectivity index (χ0v) is 10.6. The molecular weight excluding hydrogens is 280 g/mol. The summed E-state index contributed by atoms with van der Waals surface area (Å²) in [7, 11) is 0. The molecule has 0 fully saturated rings. The SMILES string of the molecule is O=C(O)c1cccc(Cc2ccc(Br)cc2)c1. The lowest BCUT2D eigenvalue weighted by atomic mass is 10.0. The maximum Gasteiger partial charge on any atom is 0.335 e. The van der Waals surface area contributed by atoms with Gasteiger partial charge in [-0.3, -0.25) is 0 Å². The third-order valence-electron chi connectivity index (χ3n) is 2.50. The first-order valence-electron chi connectivity index (χ1n) is 5.22. The maximum atomic E-state index is 10.8. The third kappa shape index (κ3) is 3.17. The van der Waals surface area contributed by atoms with Crippen LogP contribution in [-0.2, 0) is 6.42 Å². The van der Waals surface area contributed by atoms with Crippen molar-refractivity contribution in [2.24, 2.45) is 0 Å². The van der Waals surface area contributed by atoms with Crippen molar-refractivity contribution in [3.63, 3.8) is 0 Å². The fraction of sp³-hybridized carbons (Fsp3) is 0.0714. The lowest BCUT2D eigenvalue weighted by Gasteiger charge is -2.03. The van der Waals surface area contributed by atoms with Crippen LogP contribution in [0.15, 0.2) is 53.0 Å². The molecule has 0 aliphatic carbocycles. The summed E-state index contributed by atoms with van der Waals surface area (Å²) >= 11 is 3.38. The van der Waals surface area contributed by atoms with Gasteiger partial charge in [0.25, 0.3) is 0 Å². The molecule has 17 heavy (non-hydrogen) atoms. The Morgan fingerprint density at radius 2 is 1.76 bits per heavy atom. The van der Waals surface area contributed by atoms with E-state index in [1.165, 1.54) is 0 Å². The summed E-state index contributed by atoms with van der Waals surface area (Å²) in [6.07, 6.45) is 0.744. The topological polar surface area (TPSA) is 37.3 Å². The molecule has 0 radical (unpaired) electrons. The molecule has 86 valence electrons. The number of carboxylic acids is 1. The number of rotatable bonds is 3. The molecule has 0 aliphatic heterocycles. The predicted octanol–water partition coefficient (Wildman–Crippen LogP) is 3.74. The number of hydrogen-bond acceptors (Lipinski definition) is 1. The minimum Gasteiger partial charge on any atom is -0.478 e. The molecule has 1 N–H and O–H groups in total. The summed E-state index contributed by atoms with van der Waals surface area (Å²) in [5, 5.41) is 8.91. The molecule has 0 atom stereocenters. The largest absolute Gasteiger partial charge is 0.478 e. The summed E-state index contributed by atoms with van der Waals surface area (Å²) in [4.78, 5) is 10.8. The first-order valence-corrected chi connectivity index (χ1v) is 6.01. The molecule has 2 aromatic rings. The number of aromatic carboxylic acids is 1. The highest BCUT2D eigenvalue weighted by molar-refractivity contribution is 9.10. The highest BCUT2D eigenvalue weighted by Crippen LogP contribution is 2.15. The van der Waals surface area contributed by atoms with Gasteiger partial charge in [0.15, 0.2) is 0 Å². The molecule has 0 saturated heterocycles. The van der Waals surface area contributed by atoms with Gasteiger partial charge in [0, 0.05) is 4.47 Å². The van der Waals surface area contributed by atoms with Gasteiger partial charge in [-0.1, -0.05) is 40.2 Å². The lowest BCUT2D eigenvalue weighted by Crippen LogP contribution is -1.97. The average molecular weight is 291 g/mol. The van der Waals surface area contributed by atoms with Gasteiger partial charge in [-0.05, 0) is 41.8 Å². The van der Waals surface area contributed by atoms with Crippen LogP contribution in [0.2, 0.25) is 0 Å². The fourth-order valence-corrected chi connectivity index (χ4v) is 1.92. The van der Waals surface area contributed by atoms with Crippen molar-refractivity contribution in [1.82, 2.24) is 0 Å². The Bertz CT molecular complexity index is 532. The molecular formula is C14H11BrO2. The van der Waals surface area contributed by atoms with Crippen LogP contribution in [0.4, 0.5) is 0 Å². The van der Waals surface area contributed by atoms with Crippen LogP contribution in [0, 0.1) is 0 Å². The van der Waals surface area contributed by atoms with E-state index in [9.17, 15) is 4.79 Å². The van der Waals surface area contributed by atoms with Crippen LogP contribution >= 0.6 is 15.9 Å². The van der Waals surface area contributed by atoms with Crippen LogP contribution < -0.4 is 0 Å². The monoisotopic (exact) mass is 290 g/mol. The second-order valence-electron chi connectivity index (χ2n) is 3.81. The van der Waals surface area contributed by atoms with E-state index < -0.39 is 5.97 Å². The highest BCUT2D eigenvalue weighted by Gasteiger charge is 2.03. The molecule has 0 heterocycles. The van der Waals surface area contributed by atoms with Gasteiger partial charge in [-0.15, -0.1) is 0 Å². The number of halogens is 1. The fourth-order valence-electron chi connectivity index (χ4n) is 1.65. The van der Waals surface area contributed by atoms with Gasteiger partial charge in [0.1, 0.15) is 0 Å². The molecule has 0 unspecified atom stereocenters. The minimum absolute atomic E-state index is 0.333. The highest BCUT2D eigenvalue weighted by atomic mass is 79.9. The Morgan fingerprint density at radius 1 is 1.06 bits per heavy atom. The lowest BCUT2D eigenvalue weighted by molar-refractivity contribution is 0.0697. The number of hydrogen-bond donors (Lipinski definition) is 1. The molecule has 0 bridgehead atoms. The Labute approximate surface area is 108 Å². The summed E-state index contributed by atoms with van der Waals surface area (Å²) in [5.41, 5.74) is 2.50. The van der Waals surface area contributed by atoms with Gasteiger partial charge in [0.05, 0.1) is 5.56 Å². The molecule has 2 rings (SSSR count). The quantitative estimate of drug-likeness (QED) is 0.935. The van der Waals surface area contributed by atoms with Crippen LogP contribution in [0.25, 0.3) is 0 Å². The van der Waals surface area contributed by atoms with E-state index in [0.29, 0.717) is 5.56 Å². The van der Waals surface area contributed by atoms with Gasteiger partial charge in [-0.2, -0.15) is 0 Å². The van der Waals surface area contributed by atoms with E-state index in [2.05, 4.69) is 15.9 Å². The standard InChI is InChI=1S/C14H11BrO2/c15-13-6-4-10(5-7-13)8-11-2-1-3-12(9-11)14(16)17/h1-7,9H,8H2,(H,16,17). The second kappa shape index (κ2) is 5.15. The third-order valence-corrected chi connectivity index (χ3v) is 3.02. The molecule has 0 aliphatic rings. The zero-order valence-electron chi connectivity index (χ0n) is 9.06. The van der Waals surface area contributed by atoms with Crippen molar-refractivity contribution < 1.29 is 9.90 Å². The van der Waals surface area contributed by atoms with Gasteiger partial charge in [0.2, 0.25) is 0 Å². The maximum absolute atomic E-state index is 10.8. The van der Waals surface area contributed by atoms with E-state index >= 15 is 0 Å².